The monoisotopic (exact) mass is 468 g/mol. The van der Waals surface area contributed by atoms with Crippen molar-refractivity contribution in [3.63, 3.8) is 0 Å². The lowest BCUT2D eigenvalue weighted by Gasteiger charge is -2.30. The van der Waals surface area contributed by atoms with Gasteiger partial charge in [0.1, 0.15) is 0 Å². The molecule has 27 heavy (non-hydrogen) atoms. The van der Waals surface area contributed by atoms with Crippen LogP contribution >= 0.6 is 27.7 Å². The molecule has 2 aromatic rings. The van der Waals surface area contributed by atoms with Gasteiger partial charge < -0.3 is 5.32 Å². The molecule has 1 N–H and O–H groups in total. The summed E-state index contributed by atoms with van der Waals surface area (Å²) in [5.41, 5.74) is 0.743. The summed E-state index contributed by atoms with van der Waals surface area (Å²) in [4.78, 5) is 13.8. The molecule has 1 saturated heterocycles. The summed E-state index contributed by atoms with van der Waals surface area (Å²) < 4.78 is 28.0. The van der Waals surface area contributed by atoms with E-state index in [0.717, 1.165) is 15.1 Å². The zero-order valence-electron chi connectivity index (χ0n) is 14.9. The first-order valence-electron chi connectivity index (χ1n) is 8.61. The Bertz CT molecular complexity index is 892. The molecule has 1 aliphatic heterocycles. The molecule has 0 radical (unpaired) electrons. The lowest BCUT2D eigenvalue weighted by Crippen LogP contribution is -2.41. The summed E-state index contributed by atoms with van der Waals surface area (Å²) in [6.07, 6.45) is 2.99. The Morgan fingerprint density at radius 1 is 1.07 bits per heavy atom. The van der Waals surface area contributed by atoms with Crippen LogP contribution in [0.4, 0.5) is 5.69 Å². The highest BCUT2D eigenvalue weighted by molar-refractivity contribution is 9.10. The SMILES string of the molecule is CSc1ccc(S(=O)(=O)N2CCC(C(=O)Nc3ccc(Br)cc3)CC2)cc1. The molecule has 1 amide bonds. The summed E-state index contributed by atoms with van der Waals surface area (Å²) >= 11 is 4.94. The molecule has 0 saturated carbocycles. The van der Waals surface area contributed by atoms with E-state index in [1.807, 2.05) is 42.7 Å². The van der Waals surface area contributed by atoms with Crippen molar-refractivity contribution in [1.29, 1.82) is 0 Å². The third-order valence-corrected chi connectivity index (χ3v) is 7.82. The Kier molecular flexibility index (Phi) is 6.62. The minimum Gasteiger partial charge on any atom is -0.326 e. The van der Waals surface area contributed by atoms with Gasteiger partial charge in [-0.2, -0.15) is 4.31 Å². The molecule has 1 aliphatic rings. The smallest absolute Gasteiger partial charge is 0.243 e. The summed E-state index contributed by atoms with van der Waals surface area (Å²) in [5.74, 6) is -0.238. The fourth-order valence-corrected chi connectivity index (χ4v) is 5.17. The van der Waals surface area contributed by atoms with Crippen LogP contribution in [-0.4, -0.2) is 38.0 Å². The maximum atomic E-state index is 12.8. The van der Waals surface area contributed by atoms with Crippen molar-refractivity contribution in [2.24, 2.45) is 5.92 Å². The fraction of sp³-hybridized carbons (Fsp3) is 0.316. The average molecular weight is 469 g/mol. The van der Waals surface area contributed by atoms with Gasteiger partial charge >= 0.3 is 0 Å². The standard InChI is InChI=1S/C19H21BrN2O3S2/c1-26-17-6-8-18(9-7-17)27(24,25)22-12-10-14(11-13-22)19(23)21-16-4-2-15(20)3-5-16/h2-9,14H,10-13H2,1H3,(H,21,23). The number of nitrogens with one attached hydrogen (secondary N) is 1. The van der Waals surface area contributed by atoms with E-state index in [4.69, 9.17) is 0 Å². The third-order valence-electron chi connectivity index (χ3n) is 4.63. The van der Waals surface area contributed by atoms with Gasteiger partial charge in [0.05, 0.1) is 4.90 Å². The Morgan fingerprint density at radius 3 is 2.22 bits per heavy atom. The van der Waals surface area contributed by atoms with E-state index in [9.17, 15) is 13.2 Å². The Balaban J connectivity index is 1.60. The largest absolute Gasteiger partial charge is 0.326 e. The third kappa shape index (κ3) is 4.93. The average Bonchev–Trinajstić information content (AvgIpc) is 2.70. The number of anilines is 1. The van der Waals surface area contributed by atoms with E-state index in [0.29, 0.717) is 30.8 Å². The van der Waals surface area contributed by atoms with Gasteiger partial charge in [-0.1, -0.05) is 15.9 Å². The number of amides is 1. The van der Waals surface area contributed by atoms with E-state index in [1.54, 1.807) is 23.9 Å². The quantitative estimate of drug-likeness (QED) is 0.667. The highest BCUT2D eigenvalue weighted by Gasteiger charge is 2.32. The van der Waals surface area contributed by atoms with E-state index in [2.05, 4.69) is 21.2 Å². The molecular formula is C19H21BrN2O3S2. The van der Waals surface area contributed by atoms with Gasteiger partial charge in [-0.15, -0.1) is 11.8 Å². The maximum Gasteiger partial charge on any atom is 0.243 e. The minimum atomic E-state index is -3.51. The van der Waals surface area contributed by atoms with Crippen LogP contribution in [0.5, 0.6) is 0 Å². The van der Waals surface area contributed by atoms with Crippen LogP contribution < -0.4 is 5.32 Å². The Hall–Kier alpha value is -1.35. The number of carbonyl (C=O) groups is 1. The summed E-state index contributed by atoms with van der Waals surface area (Å²) in [5, 5.41) is 2.91. The van der Waals surface area contributed by atoms with Crippen LogP contribution in [0.1, 0.15) is 12.8 Å². The number of halogens is 1. The summed E-state index contributed by atoms with van der Waals surface area (Å²) in [7, 11) is -3.51. The normalized spacial score (nSPS) is 16.2. The maximum absolute atomic E-state index is 12.8. The molecular weight excluding hydrogens is 448 g/mol. The Labute approximate surface area is 172 Å². The summed E-state index contributed by atoms with van der Waals surface area (Å²) in [6, 6.07) is 14.3. The van der Waals surface area contributed by atoms with Gasteiger partial charge in [0.2, 0.25) is 15.9 Å². The van der Waals surface area contributed by atoms with E-state index < -0.39 is 10.0 Å². The first kappa shape index (κ1) is 20.4. The first-order chi connectivity index (χ1) is 12.9. The van der Waals surface area contributed by atoms with Gasteiger partial charge in [0.15, 0.2) is 0 Å². The molecule has 8 heteroatoms. The number of nitrogens with zero attached hydrogens (tertiary/aromatic N) is 1. The molecule has 1 fully saturated rings. The van der Waals surface area contributed by atoms with Gasteiger partial charge in [-0.25, -0.2) is 8.42 Å². The van der Waals surface area contributed by atoms with Crippen LogP contribution in [0.15, 0.2) is 62.8 Å². The van der Waals surface area contributed by atoms with Crippen LogP contribution in [0, 0.1) is 5.92 Å². The molecule has 0 aromatic heterocycles. The van der Waals surface area contributed by atoms with Crippen molar-refractivity contribution in [2.75, 3.05) is 24.7 Å². The molecule has 0 bridgehead atoms. The second-order valence-corrected chi connectivity index (χ2v) is 10.1. The first-order valence-corrected chi connectivity index (χ1v) is 12.1. The Morgan fingerprint density at radius 2 is 1.67 bits per heavy atom. The highest BCUT2D eigenvalue weighted by atomic mass is 79.9. The molecule has 0 spiro atoms. The van der Waals surface area contributed by atoms with E-state index in [-0.39, 0.29) is 11.8 Å². The molecule has 0 unspecified atom stereocenters. The number of benzene rings is 2. The predicted octanol–water partition coefficient (Wildman–Crippen LogP) is 4.21. The van der Waals surface area contributed by atoms with Crippen LogP contribution in [0.2, 0.25) is 0 Å². The molecule has 144 valence electrons. The molecule has 2 aromatic carbocycles. The number of hydrogen-bond donors (Lipinski definition) is 1. The van der Waals surface area contributed by atoms with Gasteiger partial charge in [-0.3, -0.25) is 4.79 Å². The molecule has 0 aliphatic carbocycles. The topological polar surface area (TPSA) is 66.5 Å². The van der Waals surface area contributed by atoms with Gasteiger partial charge in [-0.05, 0) is 67.6 Å². The van der Waals surface area contributed by atoms with E-state index >= 15 is 0 Å². The highest BCUT2D eigenvalue weighted by Crippen LogP contribution is 2.26. The molecule has 3 rings (SSSR count). The number of carbonyl (C=O) groups excluding carboxylic acids is 1. The fourth-order valence-electron chi connectivity index (χ4n) is 3.03. The van der Waals surface area contributed by atoms with Gasteiger partial charge in [0.25, 0.3) is 0 Å². The summed E-state index contributed by atoms with van der Waals surface area (Å²) in [6.45, 7) is 0.704. The van der Waals surface area contributed by atoms with Crippen LogP contribution in [0.25, 0.3) is 0 Å². The minimum absolute atomic E-state index is 0.0568. The number of thioether (sulfide) groups is 1. The number of rotatable bonds is 5. The zero-order chi connectivity index (χ0) is 19.4. The van der Waals surface area contributed by atoms with Crippen molar-refractivity contribution in [2.45, 2.75) is 22.6 Å². The molecule has 1 heterocycles. The van der Waals surface area contributed by atoms with Crippen LogP contribution in [0.3, 0.4) is 0 Å². The van der Waals surface area contributed by atoms with Crippen molar-refractivity contribution in [1.82, 2.24) is 4.31 Å². The van der Waals surface area contributed by atoms with Crippen LogP contribution in [-0.2, 0) is 14.8 Å². The van der Waals surface area contributed by atoms with Crippen molar-refractivity contribution >= 4 is 49.3 Å². The lowest BCUT2D eigenvalue weighted by atomic mass is 9.97. The number of hydrogen-bond acceptors (Lipinski definition) is 4. The second kappa shape index (κ2) is 8.77. The predicted molar refractivity (Wildman–Crippen MR) is 112 cm³/mol. The number of sulfonamides is 1. The van der Waals surface area contributed by atoms with Crippen molar-refractivity contribution in [3.05, 3.63) is 53.0 Å². The van der Waals surface area contributed by atoms with Crippen molar-refractivity contribution < 1.29 is 13.2 Å². The lowest BCUT2D eigenvalue weighted by molar-refractivity contribution is -0.120. The second-order valence-electron chi connectivity index (χ2n) is 6.35. The van der Waals surface area contributed by atoms with E-state index in [1.165, 1.54) is 4.31 Å². The van der Waals surface area contributed by atoms with Crippen molar-refractivity contribution in [3.8, 4) is 0 Å². The molecule has 5 nitrogen and oxygen atoms in total. The zero-order valence-corrected chi connectivity index (χ0v) is 18.1. The van der Waals surface area contributed by atoms with Gasteiger partial charge in [0, 0.05) is 34.1 Å². The molecule has 0 atom stereocenters. The number of piperidine rings is 1.